The third-order valence-corrected chi connectivity index (χ3v) is 5.02. The largest absolute Gasteiger partial charge is 0.315 e. The Kier molecular flexibility index (Phi) is 5.71. The number of rotatable bonds is 7. The van der Waals surface area contributed by atoms with E-state index in [-0.39, 0.29) is 4.21 Å². The quantitative estimate of drug-likeness (QED) is 0.748. The van der Waals surface area contributed by atoms with E-state index in [9.17, 15) is 8.42 Å². The van der Waals surface area contributed by atoms with Gasteiger partial charge in [0.15, 0.2) is 0 Å². The van der Waals surface area contributed by atoms with E-state index < -0.39 is 10.0 Å². The molecule has 0 aliphatic heterocycles. The Labute approximate surface area is 105 Å². The monoisotopic (exact) mass is 282 g/mol. The summed E-state index contributed by atoms with van der Waals surface area (Å²) < 4.78 is 26.6. The van der Waals surface area contributed by atoms with Crippen LogP contribution in [0.15, 0.2) is 16.3 Å². The Morgan fingerprint density at radius 3 is 2.62 bits per heavy atom. The second-order valence-electron chi connectivity index (χ2n) is 3.21. The Morgan fingerprint density at radius 1 is 1.31 bits per heavy atom. The first kappa shape index (κ1) is 13.9. The highest BCUT2D eigenvalue weighted by Crippen LogP contribution is 2.24. The fraction of sp³-hybridized carbons (Fsp3) is 0.556. The Bertz CT molecular complexity index is 417. The van der Waals surface area contributed by atoms with Crippen molar-refractivity contribution < 1.29 is 8.42 Å². The third kappa shape index (κ3) is 4.39. The maximum absolute atomic E-state index is 11.7. The molecule has 0 aliphatic carbocycles. The van der Waals surface area contributed by atoms with Crippen LogP contribution in [-0.4, -0.2) is 28.1 Å². The molecule has 1 rings (SSSR count). The molecule has 0 atom stereocenters. The fourth-order valence-corrected chi connectivity index (χ4v) is 3.65. The highest BCUT2D eigenvalue weighted by atomic mass is 35.5. The maximum Gasteiger partial charge on any atom is 0.250 e. The van der Waals surface area contributed by atoms with E-state index >= 15 is 0 Å². The molecule has 0 amide bonds. The molecule has 4 nitrogen and oxygen atoms in total. The van der Waals surface area contributed by atoms with Crippen LogP contribution in [0.5, 0.6) is 0 Å². The molecular formula is C9H15ClN2O2S2. The van der Waals surface area contributed by atoms with Crippen LogP contribution in [0.2, 0.25) is 4.34 Å². The molecular weight excluding hydrogens is 268 g/mol. The second-order valence-corrected chi connectivity index (χ2v) is 6.92. The highest BCUT2D eigenvalue weighted by molar-refractivity contribution is 7.91. The number of thiophene rings is 1. The predicted octanol–water partition coefficient (Wildman–Crippen LogP) is 1.68. The van der Waals surface area contributed by atoms with Gasteiger partial charge in [0.25, 0.3) is 0 Å². The number of halogens is 1. The van der Waals surface area contributed by atoms with Crippen molar-refractivity contribution in [2.24, 2.45) is 0 Å². The molecule has 2 N–H and O–H groups in total. The molecule has 1 heterocycles. The molecule has 0 radical (unpaired) electrons. The van der Waals surface area contributed by atoms with Gasteiger partial charge in [-0.2, -0.15) is 0 Å². The number of nitrogens with one attached hydrogen (secondary N) is 2. The maximum atomic E-state index is 11.7. The summed E-state index contributed by atoms with van der Waals surface area (Å²) in [4.78, 5) is 0. The van der Waals surface area contributed by atoms with Gasteiger partial charge in [-0.3, -0.25) is 0 Å². The van der Waals surface area contributed by atoms with Gasteiger partial charge in [-0.05, 0) is 25.1 Å². The Hall–Kier alpha value is -0.140. The fourth-order valence-electron chi connectivity index (χ4n) is 1.09. The first-order valence-electron chi connectivity index (χ1n) is 5.02. The molecule has 0 saturated carbocycles. The van der Waals surface area contributed by atoms with Crippen molar-refractivity contribution in [2.75, 3.05) is 19.6 Å². The molecule has 0 fully saturated rings. The van der Waals surface area contributed by atoms with Crippen molar-refractivity contribution in [1.29, 1.82) is 0 Å². The van der Waals surface area contributed by atoms with Crippen LogP contribution in [0.1, 0.15) is 13.3 Å². The molecule has 0 spiro atoms. The smallest absolute Gasteiger partial charge is 0.250 e. The van der Waals surface area contributed by atoms with Crippen LogP contribution in [0.3, 0.4) is 0 Å². The zero-order valence-electron chi connectivity index (χ0n) is 8.99. The van der Waals surface area contributed by atoms with Crippen LogP contribution in [-0.2, 0) is 10.0 Å². The first-order chi connectivity index (χ1) is 7.56. The van der Waals surface area contributed by atoms with E-state index in [4.69, 9.17) is 11.6 Å². The van der Waals surface area contributed by atoms with Gasteiger partial charge in [-0.1, -0.05) is 18.5 Å². The van der Waals surface area contributed by atoms with E-state index in [0.29, 0.717) is 17.4 Å². The zero-order chi connectivity index (χ0) is 12.0. The SMILES string of the molecule is CCCNCCNS(=O)(=O)c1ccc(Cl)s1. The van der Waals surface area contributed by atoms with Crippen molar-refractivity contribution in [2.45, 2.75) is 17.6 Å². The van der Waals surface area contributed by atoms with Gasteiger partial charge in [0.2, 0.25) is 10.0 Å². The van der Waals surface area contributed by atoms with Gasteiger partial charge in [0.05, 0.1) is 4.34 Å². The minimum Gasteiger partial charge on any atom is -0.315 e. The van der Waals surface area contributed by atoms with E-state index in [1.54, 1.807) is 6.07 Å². The molecule has 0 aliphatic rings. The number of sulfonamides is 1. The zero-order valence-corrected chi connectivity index (χ0v) is 11.4. The average Bonchev–Trinajstić information content (AvgIpc) is 2.65. The minimum absolute atomic E-state index is 0.257. The third-order valence-electron chi connectivity index (χ3n) is 1.83. The van der Waals surface area contributed by atoms with Gasteiger partial charge in [-0.25, -0.2) is 13.1 Å². The molecule has 0 saturated heterocycles. The average molecular weight is 283 g/mol. The number of hydrogen-bond acceptors (Lipinski definition) is 4. The molecule has 0 bridgehead atoms. The molecule has 1 aromatic heterocycles. The van der Waals surface area contributed by atoms with Gasteiger partial charge in [0, 0.05) is 13.1 Å². The summed E-state index contributed by atoms with van der Waals surface area (Å²) in [5.74, 6) is 0. The van der Waals surface area contributed by atoms with Gasteiger partial charge < -0.3 is 5.32 Å². The summed E-state index contributed by atoms with van der Waals surface area (Å²) in [6.07, 6.45) is 1.04. The Morgan fingerprint density at radius 2 is 2.06 bits per heavy atom. The van der Waals surface area contributed by atoms with Gasteiger partial charge >= 0.3 is 0 Å². The lowest BCUT2D eigenvalue weighted by atomic mass is 10.5. The summed E-state index contributed by atoms with van der Waals surface area (Å²) in [5, 5.41) is 3.11. The van der Waals surface area contributed by atoms with E-state index in [1.165, 1.54) is 6.07 Å². The van der Waals surface area contributed by atoms with Crippen molar-refractivity contribution in [1.82, 2.24) is 10.0 Å². The van der Waals surface area contributed by atoms with Crippen LogP contribution >= 0.6 is 22.9 Å². The van der Waals surface area contributed by atoms with Gasteiger partial charge in [0.1, 0.15) is 4.21 Å². The molecule has 0 aromatic carbocycles. The van der Waals surface area contributed by atoms with Crippen LogP contribution in [0.4, 0.5) is 0 Å². The molecule has 92 valence electrons. The summed E-state index contributed by atoms with van der Waals surface area (Å²) in [6.45, 7) is 3.97. The molecule has 0 unspecified atom stereocenters. The van der Waals surface area contributed by atoms with Crippen LogP contribution in [0.25, 0.3) is 0 Å². The van der Waals surface area contributed by atoms with Crippen molar-refractivity contribution in [3.05, 3.63) is 16.5 Å². The topological polar surface area (TPSA) is 58.2 Å². The van der Waals surface area contributed by atoms with Gasteiger partial charge in [-0.15, -0.1) is 11.3 Å². The summed E-state index contributed by atoms with van der Waals surface area (Å²) in [6, 6.07) is 3.09. The Balaban J connectivity index is 2.41. The molecule has 16 heavy (non-hydrogen) atoms. The lowest BCUT2D eigenvalue weighted by molar-refractivity contribution is 0.577. The van der Waals surface area contributed by atoms with E-state index in [2.05, 4.69) is 17.0 Å². The molecule has 1 aromatic rings. The van der Waals surface area contributed by atoms with E-state index in [0.717, 1.165) is 24.3 Å². The normalized spacial score (nSPS) is 11.9. The molecule has 7 heteroatoms. The van der Waals surface area contributed by atoms with Crippen LogP contribution in [0, 0.1) is 0 Å². The van der Waals surface area contributed by atoms with Crippen molar-refractivity contribution >= 4 is 33.0 Å². The number of hydrogen-bond donors (Lipinski definition) is 2. The predicted molar refractivity (Wildman–Crippen MR) is 67.7 cm³/mol. The van der Waals surface area contributed by atoms with Crippen LogP contribution < -0.4 is 10.0 Å². The second kappa shape index (κ2) is 6.56. The minimum atomic E-state index is -3.38. The summed E-state index contributed by atoms with van der Waals surface area (Å²) in [5.41, 5.74) is 0. The highest BCUT2D eigenvalue weighted by Gasteiger charge is 2.15. The summed E-state index contributed by atoms with van der Waals surface area (Å²) in [7, 11) is -3.38. The standard InChI is InChI=1S/C9H15ClN2O2S2/c1-2-5-11-6-7-12-16(13,14)9-4-3-8(10)15-9/h3-4,11-12H,2,5-7H2,1H3. The first-order valence-corrected chi connectivity index (χ1v) is 7.69. The lowest BCUT2D eigenvalue weighted by Crippen LogP contribution is -2.31. The van der Waals surface area contributed by atoms with Crippen molar-refractivity contribution in [3.63, 3.8) is 0 Å². The lowest BCUT2D eigenvalue weighted by Gasteiger charge is -2.05. The van der Waals surface area contributed by atoms with E-state index in [1.807, 2.05) is 0 Å². The van der Waals surface area contributed by atoms with Crippen molar-refractivity contribution in [3.8, 4) is 0 Å². The summed E-state index contributed by atoms with van der Waals surface area (Å²) >= 11 is 6.74.